The molecule has 2 aromatic heterocycles. The van der Waals surface area contributed by atoms with Gasteiger partial charge in [-0.3, -0.25) is 29.7 Å². The summed E-state index contributed by atoms with van der Waals surface area (Å²) < 4.78 is 13.0. The summed E-state index contributed by atoms with van der Waals surface area (Å²) >= 11 is 0. The number of hydrogen-bond donors (Lipinski definition) is 2. The van der Waals surface area contributed by atoms with E-state index in [2.05, 4.69) is 72.2 Å². The Morgan fingerprint density at radius 3 is 2.39 bits per heavy atom. The van der Waals surface area contributed by atoms with E-state index in [1.165, 1.54) is 12.8 Å². The number of piperidine rings is 2. The first-order valence-electron chi connectivity index (χ1n) is 21.8. The number of benzene rings is 2. The summed E-state index contributed by atoms with van der Waals surface area (Å²) in [6.45, 7) is 11.6. The molecule has 6 aliphatic rings. The molecule has 0 spiro atoms. The Morgan fingerprint density at radius 1 is 0.847 bits per heavy atom. The molecule has 2 aromatic carbocycles. The van der Waals surface area contributed by atoms with Crippen molar-refractivity contribution in [1.29, 1.82) is 0 Å². The van der Waals surface area contributed by atoms with Gasteiger partial charge in [0, 0.05) is 81.5 Å². The van der Waals surface area contributed by atoms with Crippen LogP contribution < -0.4 is 19.9 Å². The zero-order chi connectivity index (χ0) is 40.3. The first-order valence-corrected chi connectivity index (χ1v) is 21.8. The molecule has 1 atom stereocenters. The number of nitrogens with one attached hydrogen (secondary N) is 2. The third kappa shape index (κ3) is 7.77. The standard InChI is InChI=1S/C45H55N9O5/c1-28-35-26-54(39-11-12-41(55)48-43(39)56)44(57)33(35)8-10-38(28)52-17-13-31(14-18-52)58-30-5-3-29(4-6-30)25-51-19-21-53(22-20-51)40-24-37(46-27-47-40)42-34-23-32(59-45(2)15-16-45)7-9-36(34)49-50-42/h7-10,23-24,27,29-31,39H,3-6,11-22,25-26H2,1-2H3,(H,49,50)(H,48,55,56)/t29-,30-,39?. The summed E-state index contributed by atoms with van der Waals surface area (Å²) in [6.07, 6.45) is 11.8. The molecule has 0 radical (unpaired) electrons. The van der Waals surface area contributed by atoms with Crippen molar-refractivity contribution in [1.82, 2.24) is 35.3 Å². The smallest absolute Gasteiger partial charge is 0.255 e. The van der Waals surface area contributed by atoms with Gasteiger partial charge in [-0.2, -0.15) is 5.10 Å². The van der Waals surface area contributed by atoms with Gasteiger partial charge in [-0.25, -0.2) is 9.97 Å². The van der Waals surface area contributed by atoms with Crippen molar-refractivity contribution < 1.29 is 23.9 Å². The van der Waals surface area contributed by atoms with Gasteiger partial charge in [0.15, 0.2) is 0 Å². The molecule has 4 aliphatic heterocycles. The molecule has 1 unspecified atom stereocenters. The number of anilines is 2. The lowest BCUT2D eigenvalue weighted by Crippen LogP contribution is -2.52. The predicted octanol–water partition coefficient (Wildman–Crippen LogP) is 5.39. The van der Waals surface area contributed by atoms with Crippen LogP contribution in [0.25, 0.3) is 22.3 Å². The molecule has 10 rings (SSSR count). The lowest BCUT2D eigenvalue weighted by Gasteiger charge is -2.40. The van der Waals surface area contributed by atoms with E-state index < -0.39 is 6.04 Å². The van der Waals surface area contributed by atoms with Gasteiger partial charge in [-0.15, -0.1) is 0 Å². The van der Waals surface area contributed by atoms with Gasteiger partial charge >= 0.3 is 0 Å². The first kappa shape index (κ1) is 38.1. The maximum atomic E-state index is 13.3. The molecule has 6 heterocycles. The normalized spacial score (nSPS) is 25.1. The number of fused-ring (bicyclic) bond motifs is 2. The zero-order valence-corrected chi connectivity index (χ0v) is 34.3. The minimum absolute atomic E-state index is 0.0394. The van der Waals surface area contributed by atoms with E-state index in [-0.39, 0.29) is 35.8 Å². The number of H-pyrrole nitrogens is 1. The Morgan fingerprint density at radius 2 is 1.63 bits per heavy atom. The van der Waals surface area contributed by atoms with Crippen LogP contribution in [0.5, 0.6) is 5.75 Å². The van der Waals surface area contributed by atoms with Crippen LogP contribution >= 0.6 is 0 Å². The van der Waals surface area contributed by atoms with E-state index in [0.717, 1.165) is 135 Å². The average Bonchev–Trinajstić information content (AvgIpc) is 3.66. The van der Waals surface area contributed by atoms with E-state index in [1.807, 2.05) is 18.2 Å². The Kier molecular flexibility index (Phi) is 10.0. The van der Waals surface area contributed by atoms with Gasteiger partial charge in [0.05, 0.1) is 23.4 Å². The number of hydrogen-bond acceptors (Lipinski definition) is 11. The van der Waals surface area contributed by atoms with Crippen LogP contribution in [0.3, 0.4) is 0 Å². The molecule has 59 heavy (non-hydrogen) atoms. The number of nitrogens with zero attached hydrogens (tertiary/aromatic N) is 7. The maximum Gasteiger partial charge on any atom is 0.255 e. The molecule has 2 aliphatic carbocycles. The summed E-state index contributed by atoms with van der Waals surface area (Å²) in [5, 5.41) is 11.2. The fourth-order valence-electron chi connectivity index (χ4n) is 10.1. The van der Waals surface area contributed by atoms with Crippen molar-refractivity contribution in [3.8, 4) is 17.1 Å². The molecule has 5 fully saturated rings. The van der Waals surface area contributed by atoms with Crippen LogP contribution in [0.4, 0.5) is 11.5 Å². The van der Waals surface area contributed by atoms with Crippen molar-refractivity contribution in [3.05, 3.63) is 59.4 Å². The summed E-state index contributed by atoms with van der Waals surface area (Å²) in [7, 11) is 0. The largest absolute Gasteiger partial charge is 0.488 e. The molecule has 0 bridgehead atoms. The highest BCUT2D eigenvalue weighted by Crippen LogP contribution is 2.41. The summed E-state index contributed by atoms with van der Waals surface area (Å²) in [5.41, 5.74) is 6.51. The SMILES string of the molecule is Cc1c(N2CCC(O[C@H]3CC[C@H](CN4CCN(c5cc(-c6n[nH]c7ccc(OC8(C)CC8)cc67)ncn5)CC4)CC3)CC2)ccc2c1CN(C1CCC(=O)NC1=O)C2=O. The Labute approximate surface area is 345 Å². The maximum absolute atomic E-state index is 13.3. The summed E-state index contributed by atoms with van der Waals surface area (Å²) in [4.78, 5) is 55.9. The van der Waals surface area contributed by atoms with Crippen molar-refractivity contribution in [3.63, 3.8) is 0 Å². The van der Waals surface area contributed by atoms with E-state index in [4.69, 9.17) is 9.47 Å². The van der Waals surface area contributed by atoms with E-state index in [9.17, 15) is 14.4 Å². The van der Waals surface area contributed by atoms with Gasteiger partial charge in [-0.1, -0.05) is 0 Å². The number of amides is 3. The van der Waals surface area contributed by atoms with Crippen LogP contribution in [0.15, 0.2) is 42.7 Å². The van der Waals surface area contributed by atoms with Crippen LogP contribution in [0, 0.1) is 12.8 Å². The minimum Gasteiger partial charge on any atom is -0.488 e. The molecular weight excluding hydrogens is 747 g/mol. The number of ether oxygens (including phenoxy) is 2. The monoisotopic (exact) mass is 801 g/mol. The molecule has 3 saturated heterocycles. The highest BCUT2D eigenvalue weighted by molar-refractivity contribution is 6.06. The highest BCUT2D eigenvalue weighted by Gasteiger charge is 2.41. The second-order valence-corrected chi connectivity index (χ2v) is 18.0. The summed E-state index contributed by atoms with van der Waals surface area (Å²) in [5.74, 6) is 1.77. The molecule has 2 N–H and O–H groups in total. The number of imide groups is 1. The first-order chi connectivity index (χ1) is 28.7. The Bertz CT molecular complexity index is 2250. The molecule has 2 saturated carbocycles. The van der Waals surface area contributed by atoms with Crippen LogP contribution in [-0.4, -0.2) is 117 Å². The van der Waals surface area contributed by atoms with Crippen molar-refractivity contribution >= 4 is 40.1 Å². The van der Waals surface area contributed by atoms with Crippen molar-refractivity contribution in [2.75, 3.05) is 55.6 Å². The molecule has 3 amide bonds. The zero-order valence-electron chi connectivity index (χ0n) is 34.3. The van der Waals surface area contributed by atoms with Crippen LogP contribution in [0.2, 0.25) is 0 Å². The third-order valence-electron chi connectivity index (χ3n) is 13.9. The molecular formula is C45H55N9O5. The van der Waals surface area contributed by atoms with Crippen molar-refractivity contribution in [2.45, 2.75) is 108 Å². The van der Waals surface area contributed by atoms with Crippen LogP contribution in [-0.2, 0) is 20.9 Å². The van der Waals surface area contributed by atoms with E-state index >= 15 is 0 Å². The van der Waals surface area contributed by atoms with Gasteiger partial charge in [0.25, 0.3) is 5.91 Å². The van der Waals surface area contributed by atoms with Gasteiger partial charge in [0.2, 0.25) is 11.8 Å². The summed E-state index contributed by atoms with van der Waals surface area (Å²) in [6, 6.07) is 11.6. The lowest BCUT2D eigenvalue weighted by atomic mass is 9.86. The Hall–Kier alpha value is -5.08. The fourth-order valence-corrected chi connectivity index (χ4v) is 10.1. The van der Waals surface area contributed by atoms with E-state index in [1.54, 1.807) is 11.2 Å². The van der Waals surface area contributed by atoms with Crippen molar-refractivity contribution in [2.24, 2.45) is 5.92 Å². The molecule has 14 nitrogen and oxygen atoms in total. The minimum atomic E-state index is -0.596. The average molecular weight is 802 g/mol. The third-order valence-corrected chi connectivity index (χ3v) is 13.9. The second kappa shape index (κ2) is 15.5. The Balaban J connectivity index is 0.667. The number of aromatic nitrogens is 4. The number of rotatable bonds is 10. The number of aromatic amines is 1. The lowest BCUT2D eigenvalue weighted by molar-refractivity contribution is -0.136. The fraction of sp³-hybridized carbons (Fsp3) is 0.556. The van der Waals surface area contributed by atoms with Gasteiger partial charge < -0.3 is 24.2 Å². The molecule has 14 heteroatoms. The highest BCUT2D eigenvalue weighted by atomic mass is 16.5. The second-order valence-electron chi connectivity index (χ2n) is 18.0. The predicted molar refractivity (Wildman–Crippen MR) is 223 cm³/mol. The number of piperazine rings is 1. The van der Waals surface area contributed by atoms with E-state index in [0.29, 0.717) is 30.6 Å². The van der Waals surface area contributed by atoms with Gasteiger partial charge in [0.1, 0.15) is 35.2 Å². The quantitative estimate of drug-likeness (QED) is 0.199. The topological polar surface area (TPSA) is 149 Å². The van der Waals surface area contributed by atoms with Gasteiger partial charge in [-0.05, 0) is 119 Å². The number of carbonyl (C=O) groups is 3. The molecule has 310 valence electrons. The van der Waals surface area contributed by atoms with Crippen LogP contribution in [0.1, 0.15) is 92.6 Å². The molecule has 4 aromatic rings. The number of carbonyl (C=O) groups excluding carboxylic acids is 3.